The third kappa shape index (κ3) is 1.86. The summed E-state index contributed by atoms with van der Waals surface area (Å²) < 4.78 is 21.4. The number of alkyl halides is 1. The third-order valence-corrected chi connectivity index (χ3v) is 3.37. The van der Waals surface area contributed by atoms with Crippen LogP contribution in [-0.4, -0.2) is 43.0 Å². The summed E-state index contributed by atoms with van der Waals surface area (Å²) in [5.74, 6) is -0.0819. The predicted octanol–water partition coefficient (Wildman–Crippen LogP) is -0.290. The molecule has 0 radical (unpaired) electrons. The molecule has 20 heavy (non-hydrogen) atoms. The highest BCUT2D eigenvalue weighted by atomic mass is 19.1. The van der Waals surface area contributed by atoms with Crippen LogP contribution in [0.1, 0.15) is 19.6 Å². The summed E-state index contributed by atoms with van der Waals surface area (Å²) in [5.41, 5.74) is 3.50. The van der Waals surface area contributed by atoms with Gasteiger partial charge in [0.1, 0.15) is 0 Å². The second kappa shape index (κ2) is 4.25. The van der Waals surface area contributed by atoms with E-state index in [-0.39, 0.29) is 30.1 Å². The van der Waals surface area contributed by atoms with Crippen LogP contribution in [0.3, 0.4) is 0 Å². The first-order valence-electron chi connectivity index (χ1n) is 6.10. The standard InChI is InChI=1S/C11H14FN5O3/c1-11(12)2-5(3-18)20-9(11)17-4-14-6-7(17)15-10(13)16-8(6)19/h4-5,9,18H,2-3H2,1H3,(H3,13,15,16,19)/t5-,9+,11-/m0/s1. The quantitative estimate of drug-likeness (QED) is 0.696. The molecule has 0 spiro atoms. The van der Waals surface area contributed by atoms with Gasteiger partial charge in [-0.1, -0.05) is 0 Å². The molecule has 1 saturated heterocycles. The van der Waals surface area contributed by atoms with Crippen LogP contribution in [0.5, 0.6) is 0 Å². The fraction of sp³-hybridized carbons (Fsp3) is 0.545. The van der Waals surface area contributed by atoms with E-state index in [1.54, 1.807) is 0 Å². The van der Waals surface area contributed by atoms with E-state index in [1.165, 1.54) is 17.8 Å². The van der Waals surface area contributed by atoms with Crippen molar-refractivity contribution in [1.29, 1.82) is 0 Å². The van der Waals surface area contributed by atoms with Gasteiger partial charge in [-0.25, -0.2) is 9.37 Å². The molecule has 0 bridgehead atoms. The van der Waals surface area contributed by atoms with Gasteiger partial charge in [0.05, 0.1) is 19.0 Å². The minimum absolute atomic E-state index is 0.0481. The maximum Gasteiger partial charge on any atom is 0.280 e. The van der Waals surface area contributed by atoms with E-state index in [4.69, 9.17) is 15.6 Å². The number of fused-ring (bicyclic) bond motifs is 1. The summed E-state index contributed by atoms with van der Waals surface area (Å²) in [6.07, 6.45) is -0.286. The molecule has 0 aromatic carbocycles. The zero-order valence-corrected chi connectivity index (χ0v) is 10.7. The summed E-state index contributed by atoms with van der Waals surface area (Å²) in [7, 11) is 0. The number of aromatic amines is 1. The molecule has 8 nitrogen and oxygen atoms in total. The van der Waals surface area contributed by atoms with Gasteiger partial charge in [-0.15, -0.1) is 0 Å². The van der Waals surface area contributed by atoms with Crippen molar-refractivity contribution in [3.63, 3.8) is 0 Å². The number of nitrogens with one attached hydrogen (secondary N) is 1. The molecule has 9 heteroatoms. The molecule has 1 aliphatic heterocycles. The first-order valence-corrected chi connectivity index (χ1v) is 6.10. The van der Waals surface area contributed by atoms with Crippen molar-refractivity contribution in [1.82, 2.24) is 19.5 Å². The van der Waals surface area contributed by atoms with Crippen molar-refractivity contribution in [2.75, 3.05) is 12.3 Å². The smallest absolute Gasteiger partial charge is 0.280 e. The Morgan fingerprint density at radius 1 is 1.75 bits per heavy atom. The van der Waals surface area contributed by atoms with Gasteiger partial charge in [0.2, 0.25) is 5.95 Å². The Morgan fingerprint density at radius 3 is 3.15 bits per heavy atom. The molecule has 108 valence electrons. The number of aromatic nitrogens is 4. The predicted molar refractivity (Wildman–Crippen MR) is 67.7 cm³/mol. The first kappa shape index (κ1) is 13.0. The second-order valence-electron chi connectivity index (χ2n) is 5.05. The normalized spacial score (nSPS) is 30.1. The molecule has 3 rings (SSSR count). The van der Waals surface area contributed by atoms with Gasteiger partial charge >= 0.3 is 0 Å². The Hall–Kier alpha value is -2.00. The van der Waals surface area contributed by atoms with Crippen molar-refractivity contribution < 1.29 is 14.2 Å². The van der Waals surface area contributed by atoms with Crippen LogP contribution in [0.15, 0.2) is 11.1 Å². The molecule has 3 atom stereocenters. The molecule has 0 unspecified atom stereocenters. The number of nitrogens with zero attached hydrogens (tertiary/aromatic N) is 3. The number of nitrogen functional groups attached to an aromatic ring is 1. The van der Waals surface area contributed by atoms with E-state index >= 15 is 0 Å². The number of aliphatic hydroxyl groups is 1. The number of imidazole rings is 1. The summed E-state index contributed by atoms with van der Waals surface area (Å²) in [6, 6.07) is 0. The highest BCUT2D eigenvalue weighted by Crippen LogP contribution is 2.41. The molecule has 1 aliphatic rings. The van der Waals surface area contributed by atoms with Gasteiger partial charge in [0.25, 0.3) is 5.56 Å². The Kier molecular flexibility index (Phi) is 2.76. The number of anilines is 1. The van der Waals surface area contributed by atoms with Crippen molar-refractivity contribution in [3.05, 3.63) is 16.7 Å². The molecular weight excluding hydrogens is 269 g/mol. The maximum absolute atomic E-state index is 14.6. The van der Waals surface area contributed by atoms with Crippen molar-refractivity contribution in [3.8, 4) is 0 Å². The molecule has 0 saturated carbocycles. The number of H-pyrrole nitrogens is 1. The number of hydrogen-bond donors (Lipinski definition) is 3. The van der Waals surface area contributed by atoms with Crippen LogP contribution >= 0.6 is 0 Å². The average Bonchev–Trinajstić information content (AvgIpc) is 2.89. The van der Waals surface area contributed by atoms with Gasteiger partial charge < -0.3 is 15.6 Å². The van der Waals surface area contributed by atoms with Crippen LogP contribution in [0, 0.1) is 0 Å². The fourth-order valence-corrected chi connectivity index (χ4v) is 2.50. The number of rotatable bonds is 2. The lowest BCUT2D eigenvalue weighted by Gasteiger charge is -2.22. The van der Waals surface area contributed by atoms with E-state index in [1.807, 2.05) is 0 Å². The fourth-order valence-electron chi connectivity index (χ4n) is 2.50. The van der Waals surface area contributed by atoms with E-state index in [0.29, 0.717) is 0 Å². The summed E-state index contributed by atoms with van der Waals surface area (Å²) in [6.45, 7) is 1.09. The number of aliphatic hydroxyl groups excluding tert-OH is 1. The van der Waals surface area contributed by atoms with Crippen molar-refractivity contribution in [2.45, 2.75) is 31.3 Å². The molecule has 0 aliphatic carbocycles. The largest absolute Gasteiger partial charge is 0.394 e. The van der Waals surface area contributed by atoms with Gasteiger partial charge in [0.15, 0.2) is 23.1 Å². The number of ether oxygens (including phenoxy) is 1. The van der Waals surface area contributed by atoms with E-state index in [2.05, 4.69) is 15.0 Å². The van der Waals surface area contributed by atoms with E-state index in [0.717, 1.165) is 0 Å². The number of nitrogens with two attached hydrogens (primary N) is 1. The lowest BCUT2D eigenvalue weighted by molar-refractivity contribution is -0.0565. The van der Waals surface area contributed by atoms with Crippen LogP contribution in [0.2, 0.25) is 0 Å². The zero-order chi connectivity index (χ0) is 14.5. The Balaban J connectivity index is 2.13. The second-order valence-corrected chi connectivity index (χ2v) is 5.05. The number of hydrogen-bond acceptors (Lipinski definition) is 6. The molecule has 4 N–H and O–H groups in total. The third-order valence-electron chi connectivity index (χ3n) is 3.37. The van der Waals surface area contributed by atoms with Gasteiger partial charge in [-0.3, -0.25) is 14.3 Å². The highest BCUT2D eigenvalue weighted by molar-refractivity contribution is 5.70. The van der Waals surface area contributed by atoms with Crippen LogP contribution in [0.4, 0.5) is 10.3 Å². The van der Waals surface area contributed by atoms with Gasteiger partial charge in [-0.05, 0) is 6.92 Å². The summed E-state index contributed by atoms with van der Waals surface area (Å²) in [4.78, 5) is 21.9. The Morgan fingerprint density at radius 2 is 2.50 bits per heavy atom. The average molecular weight is 283 g/mol. The lowest BCUT2D eigenvalue weighted by Crippen LogP contribution is -2.27. The first-order chi connectivity index (χ1) is 9.42. The van der Waals surface area contributed by atoms with Gasteiger partial charge in [0, 0.05) is 6.42 Å². The number of halogens is 1. The highest BCUT2D eigenvalue weighted by Gasteiger charge is 2.47. The van der Waals surface area contributed by atoms with E-state index in [9.17, 15) is 9.18 Å². The van der Waals surface area contributed by atoms with Gasteiger partial charge in [-0.2, -0.15) is 4.98 Å². The van der Waals surface area contributed by atoms with Crippen LogP contribution < -0.4 is 11.3 Å². The Labute approximate surface area is 112 Å². The minimum Gasteiger partial charge on any atom is -0.394 e. The molecule has 2 aromatic heterocycles. The zero-order valence-electron chi connectivity index (χ0n) is 10.7. The molecule has 0 amide bonds. The summed E-state index contributed by atoms with van der Waals surface area (Å²) >= 11 is 0. The minimum atomic E-state index is -1.71. The molecule has 2 aromatic rings. The lowest BCUT2D eigenvalue weighted by atomic mass is 10.0. The molecule has 1 fully saturated rings. The van der Waals surface area contributed by atoms with Crippen molar-refractivity contribution >= 4 is 17.1 Å². The maximum atomic E-state index is 14.6. The van der Waals surface area contributed by atoms with Crippen LogP contribution in [-0.2, 0) is 4.74 Å². The summed E-state index contributed by atoms with van der Waals surface area (Å²) in [5, 5.41) is 9.11. The van der Waals surface area contributed by atoms with Crippen LogP contribution in [0.25, 0.3) is 11.2 Å². The monoisotopic (exact) mass is 283 g/mol. The SMILES string of the molecule is C[C@]1(F)C[C@@H](CO)O[C@H]1n1cnc2c(=O)[nH]c(N)nc21. The topological polar surface area (TPSA) is 119 Å². The Bertz CT molecular complexity index is 710. The van der Waals surface area contributed by atoms with Crippen molar-refractivity contribution in [2.24, 2.45) is 0 Å². The molecule has 3 heterocycles. The van der Waals surface area contributed by atoms with E-state index < -0.39 is 23.6 Å². The molecular formula is C11H14FN5O3.